The van der Waals surface area contributed by atoms with Crippen LogP contribution in [-0.2, 0) is 4.74 Å². The topological polar surface area (TPSA) is 75.6 Å². The molecule has 0 radical (unpaired) electrons. The van der Waals surface area contributed by atoms with Crippen molar-refractivity contribution in [3.63, 3.8) is 0 Å². The molecule has 0 atom stereocenters. The number of phenolic OH excluding ortho intramolecular Hbond substituents is 1. The van der Waals surface area contributed by atoms with Gasteiger partial charge in [-0.05, 0) is 42.8 Å². The highest BCUT2D eigenvalue weighted by molar-refractivity contribution is 6.11. The Bertz CT molecular complexity index is 694. The Morgan fingerprint density at radius 2 is 1.76 bits per heavy atom. The van der Waals surface area contributed by atoms with Gasteiger partial charge in [0.15, 0.2) is 0 Å². The van der Waals surface area contributed by atoms with Crippen LogP contribution in [0.1, 0.15) is 26.3 Å². The van der Waals surface area contributed by atoms with E-state index in [1.807, 2.05) is 0 Å². The molecule has 0 aromatic heterocycles. The number of carbonyl (C=O) groups excluding carboxylic acids is 2. The minimum absolute atomic E-state index is 0.125. The van der Waals surface area contributed by atoms with Crippen LogP contribution < -0.4 is 5.32 Å². The minimum Gasteiger partial charge on any atom is -0.508 e. The first-order chi connectivity index (χ1) is 10.0. The fraction of sp³-hybridized carbons (Fsp3) is 0.125. The van der Waals surface area contributed by atoms with Crippen LogP contribution in [0.15, 0.2) is 42.5 Å². The van der Waals surface area contributed by atoms with E-state index in [0.717, 1.165) is 5.56 Å². The number of hydrogen-bond acceptors (Lipinski definition) is 4. The number of esters is 1. The highest BCUT2D eigenvalue weighted by atomic mass is 16.5. The van der Waals surface area contributed by atoms with Gasteiger partial charge in [-0.15, -0.1) is 0 Å². The van der Waals surface area contributed by atoms with Gasteiger partial charge in [-0.2, -0.15) is 0 Å². The summed E-state index contributed by atoms with van der Waals surface area (Å²) < 4.78 is 4.66. The summed E-state index contributed by atoms with van der Waals surface area (Å²) in [6, 6.07) is 11.0. The van der Waals surface area contributed by atoms with Gasteiger partial charge in [0, 0.05) is 5.69 Å². The third-order valence-corrected chi connectivity index (χ3v) is 3.04. The van der Waals surface area contributed by atoms with Gasteiger partial charge in [-0.25, -0.2) is 4.79 Å². The number of hydrogen-bond donors (Lipinski definition) is 2. The summed E-state index contributed by atoms with van der Waals surface area (Å²) in [5.74, 6) is -0.853. The minimum atomic E-state index is -0.567. The number of aryl methyl sites for hydroxylation is 1. The summed E-state index contributed by atoms with van der Waals surface area (Å²) in [5, 5.41) is 12.1. The molecule has 5 heteroatoms. The van der Waals surface area contributed by atoms with E-state index in [2.05, 4.69) is 10.1 Å². The molecule has 0 fully saturated rings. The average Bonchev–Trinajstić information content (AvgIpc) is 2.49. The lowest BCUT2D eigenvalue weighted by Gasteiger charge is -2.11. The van der Waals surface area contributed by atoms with E-state index in [-0.39, 0.29) is 16.9 Å². The van der Waals surface area contributed by atoms with Crippen molar-refractivity contribution < 1.29 is 19.4 Å². The molecule has 0 unspecified atom stereocenters. The summed E-state index contributed by atoms with van der Waals surface area (Å²) in [5.41, 5.74) is 1.72. The predicted molar refractivity (Wildman–Crippen MR) is 78.6 cm³/mol. The van der Waals surface area contributed by atoms with E-state index < -0.39 is 11.9 Å². The molecule has 2 N–H and O–H groups in total. The van der Waals surface area contributed by atoms with Crippen molar-refractivity contribution in [1.29, 1.82) is 0 Å². The Labute approximate surface area is 122 Å². The Hall–Kier alpha value is -2.82. The molecule has 0 saturated heterocycles. The fourth-order valence-corrected chi connectivity index (χ4v) is 1.95. The maximum atomic E-state index is 12.3. The number of carbonyl (C=O) groups is 2. The fourth-order valence-electron chi connectivity index (χ4n) is 1.95. The summed E-state index contributed by atoms with van der Waals surface area (Å²) >= 11 is 0. The summed E-state index contributed by atoms with van der Waals surface area (Å²) in [4.78, 5) is 24.0. The monoisotopic (exact) mass is 285 g/mol. The van der Waals surface area contributed by atoms with Crippen molar-refractivity contribution in [1.82, 2.24) is 0 Å². The molecule has 108 valence electrons. The molecule has 0 aliphatic rings. The van der Waals surface area contributed by atoms with Crippen molar-refractivity contribution in [2.45, 2.75) is 6.92 Å². The van der Waals surface area contributed by atoms with Gasteiger partial charge in [0.2, 0.25) is 0 Å². The molecule has 2 aromatic rings. The number of aromatic hydroxyl groups is 1. The maximum absolute atomic E-state index is 12.3. The summed E-state index contributed by atoms with van der Waals surface area (Å²) in [7, 11) is 1.27. The molecule has 0 aliphatic heterocycles. The standard InChI is InChI=1S/C16H15NO4/c1-10-9-11(18)7-8-14(10)17-15(19)12-5-3-4-6-13(12)16(20)21-2/h3-9,18H,1-2H3,(H,17,19). The molecule has 0 heterocycles. The number of rotatable bonds is 3. The van der Waals surface area contributed by atoms with Crippen molar-refractivity contribution in [3.8, 4) is 5.75 Å². The highest BCUT2D eigenvalue weighted by Gasteiger charge is 2.17. The zero-order valence-electron chi connectivity index (χ0n) is 11.7. The lowest BCUT2D eigenvalue weighted by atomic mass is 10.1. The maximum Gasteiger partial charge on any atom is 0.338 e. The summed E-state index contributed by atoms with van der Waals surface area (Å²) in [6.45, 7) is 1.77. The van der Waals surface area contributed by atoms with Crippen LogP contribution in [0.4, 0.5) is 5.69 Å². The van der Waals surface area contributed by atoms with E-state index in [1.165, 1.54) is 19.2 Å². The lowest BCUT2D eigenvalue weighted by Crippen LogP contribution is -2.17. The van der Waals surface area contributed by atoms with Gasteiger partial charge in [-0.1, -0.05) is 12.1 Å². The average molecular weight is 285 g/mol. The van der Waals surface area contributed by atoms with Gasteiger partial charge < -0.3 is 15.2 Å². The lowest BCUT2D eigenvalue weighted by molar-refractivity contribution is 0.0597. The zero-order valence-corrected chi connectivity index (χ0v) is 11.7. The SMILES string of the molecule is COC(=O)c1ccccc1C(=O)Nc1ccc(O)cc1C. The van der Waals surface area contributed by atoms with E-state index in [1.54, 1.807) is 37.3 Å². The smallest absolute Gasteiger partial charge is 0.338 e. The van der Waals surface area contributed by atoms with Crippen LogP contribution in [0, 0.1) is 6.92 Å². The van der Waals surface area contributed by atoms with Gasteiger partial charge in [0.25, 0.3) is 5.91 Å². The van der Waals surface area contributed by atoms with Crippen LogP contribution in [-0.4, -0.2) is 24.1 Å². The van der Waals surface area contributed by atoms with Crippen molar-refractivity contribution in [2.75, 3.05) is 12.4 Å². The summed E-state index contributed by atoms with van der Waals surface area (Å²) in [6.07, 6.45) is 0. The van der Waals surface area contributed by atoms with Crippen LogP contribution >= 0.6 is 0 Å². The molecule has 1 amide bonds. The normalized spacial score (nSPS) is 10.0. The quantitative estimate of drug-likeness (QED) is 0.671. The number of nitrogens with one attached hydrogen (secondary N) is 1. The molecule has 0 aliphatic carbocycles. The molecule has 21 heavy (non-hydrogen) atoms. The van der Waals surface area contributed by atoms with E-state index in [9.17, 15) is 14.7 Å². The van der Waals surface area contributed by atoms with E-state index in [4.69, 9.17) is 0 Å². The Kier molecular flexibility index (Phi) is 4.23. The van der Waals surface area contributed by atoms with Crippen molar-refractivity contribution >= 4 is 17.6 Å². The zero-order chi connectivity index (χ0) is 15.4. The second-order valence-electron chi connectivity index (χ2n) is 4.49. The molecule has 2 rings (SSSR count). The van der Waals surface area contributed by atoms with E-state index in [0.29, 0.717) is 5.69 Å². The number of ether oxygens (including phenoxy) is 1. The number of anilines is 1. The molecule has 0 bridgehead atoms. The van der Waals surface area contributed by atoms with E-state index >= 15 is 0 Å². The number of amides is 1. The molecular formula is C16H15NO4. The Morgan fingerprint density at radius 3 is 2.38 bits per heavy atom. The number of benzene rings is 2. The third kappa shape index (κ3) is 3.20. The number of methoxy groups -OCH3 is 1. The van der Waals surface area contributed by atoms with Gasteiger partial charge in [-0.3, -0.25) is 4.79 Å². The van der Waals surface area contributed by atoms with Crippen LogP contribution in [0.3, 0.4) is 0 Å². The Morgan fingerprint density at radius 1 is 1.10 bits per heavy atom. The Balaban J connectivity index is 2.31. The first-order valence-electron chi connectivity index (χ1n) is 6.31. The van der Waals surface area contributed by atoms with Gasteiger partial charge in [0.1, 0.15) is 5.75 Å². The van der Waals surface area contributed by atoms with Crippen LogP contribution in [0.25, 0.3) is 0 Å². The largest absolute Gasteiger partial charge is 0.508 e. The first kappa shape index (κ1) is 14.6. The second-order valence-corrected chi connectivity index (χ2v) is 4.49. The number of phenols is 1. The molecule has 2 aromatic carbocycles. The third-order valence-electron chi connectivity index (χ3n) is 3.04. The van der Waals surface area contributed by atoms with Crippen molar-refractivity contribution in [2.24, 2.45) is 0 Å². The molecular weight excluding hydrogens is 270 g/mol. The molecule has 0 saturated carbocycles. The predicted octanol–water partition coefficient (Wildman–Crippen LogP) is 2.74. The van der Waals surface area contributed by atoms with Crippen LogP contribution in [0.2, 0.25) is 0 Å². The van der Waals surface area contributed by atoms with Gasteiger partial charge >= 0.3 is 5.97 Å². The van der Waals surface area contributed by atoms with Crippen LogP contribution in [0.5, 0.6) is 5.75 Å². The van der Waals surface area contributed by atoms with Gasteiger partial charge in [0.05, 0.1) is 18.2 Å². The molecule has 5 nitrogen and oxygen atoms in total. The second kappa shape index (κ2) is 6.09. The molecule has 0 spiro atoms. The first-order valence-corrected chi connectivity index (χ1v) is 6.31. The van der Waals surface area contributed by atoms with Crippen molar-refractivity contribution in [3.05, 3.63) is 59.2 Å². The highest BCUT2D eigenvalue weighted by Crippen LogP contribution is 2.21.